The second-order valence-electron chi connectivity index (χ2n) is 5.85. The molecule has 0 spiro atoms. The van der Waals surface area contributed by atoms with E-state index in [-0.39, 0.29) is 24.8 Å². The molecule has 0 aromatic rings. The summed E-state index contributed by atoms with van der Waals surface area (Å²) in [6, 6.07) is -0.446. The summed E-state index contributed by atoms with van der Waals surface area (Å²) in [5.74, 6) is -0.589. The van der Waals surface area contributed by atoms with Crippen molar-refractivity contribution in [2.24, 2.45) is 5.92 Å². The van der Waals surface area contributed by atoms with Gasteiger partial charge in [-0.25, -0.2) is 4.79 Å². The van der Waals surface area contributed by atoms with Crippen molar-refractivity contribution in [1.82, 2.24) is 10.6 Å². The Balaban J connectivity index is 3.71. The summed E-state index contributed by atoms with van der Waals surface area (Å²) in [6.45, 7) is 6.24. The number of hydrogen-bond acceptors (Lipinski definition) is 3. The number of carboxylic acid groups (broad SMARTS) is 1. The van der Waals surface area contributed by atoms with Crippen molar-refractivity contribution in [2.45, 2.75) is 71.8 Å². The maximum absolute atomic E-state index is 11.6. The molecule has 0 saturated heterocycles. The van der Waals surface area contributed by atoms with E-state index in [1.807, 2.05) is 6.92 Å². The molecule has 0 radical (unpaired) electrons. The lowest BCUT2D eigenvalue weighted by Crippen LogP contribution is -2.43. The first-order valence-electron chi connectivity index (χ1n) is 7.63. The Hall–Kier alpha value is -1.59. The number of amides is 3. The number of carboxylic acids is 1. The zero-order valence-electron chi connectivity index (χ0n) is 13.3. The molecule has 0 aliphatic carbocycles. The fourth-order valence-corrected chi connectivity index (χ4v) is 1.92. The van der Waals surface area contributed by atoms with Crippen LogP contribution >= 0.6 is 0 Å². The third-order valence-electron chi connectivity index (χ3n) is 3.09. The lowest BCUT2D eigenvalue weighted by atomic mass is 10.0. The van der Waals surface area contributed by atoms with E-state index in [4.69, 9.17) is 5.11 Å². The number of unbranched alkanes of at least 4 members (excludes halogenated alkanes) is 1. The van der Waals surface area contributed by atoms with E-state index in [0.717, 1.165) is 19.3 Å². The second-order valence-corrected chi connectivity index (χ2v) is 5.85. The summed E-state index contributed by atoms with van der Waals surface area (Å²) in [7, 11) is 0. The molecular weight excluding hydrogens is 272 g/mol. The van der Waals surface area contributed by atoms with Gasteiger partial charge in [-0.2, -0.15) is 0 Å². The van der Waals surface area contributed by atoms with Crippen LogP contribution in [0.4, 0.5) is 4.79 Å². The van der Waals surface area contributed by atoms with Crippen molar-refractivity contribution >= 4 is 17.9 Å². The molecule has 0 rings (SSSR count). The Kier molecular flexibility index (Phi) is 10.3. The molecule has 21 heavy (non-hydrogen) atoms. The largest absolute Gasteiger partial charge is 0.481 e. The van der Waals surface area contributed by atoms with Crippen LogP contribution in [0, 0.1) is 5.92 Å². The number of carbonyl (C=O) groups is 3. The highest BCUT2D eigenvalue weighted by molar-refractivity contribution is 5.94. The van der Waals surface area contributed by atoms with Gasteiger partial charge in [0.1, 0.15) is 0 Å². The fourth-order valence-electron chi connectivity index (χ4n) is 1.92. The van der Waals surface area contributed by atoms with Gasteiger partial charge < -0.3 is 10.4 Å². The van der Waals surface area contributed by atoms with Gasteiger partial charge in [0.2, 0.25) is 5.91 Å². The summed E-state index contributed by atoms with van der Waals surface area (Å²) in [5, 5.41) is 13.5. The Bertz CT molecular complexity index is 343. The van der Waals surface area contributed by atoms with Gasteiger partial charge in [-0.05, 0) is 32.1 Å². The standard InChI is InChI=1S/C15H28N2O4/c1-11(2)7-6-8-12(3)16-15(21)17-13(18)9-4-5-10-14(19)20/h11-12H,4-10H2,1-3H3,(H,19,20)(H2,16,17,18,21). The molecule has 3 amide bonds. The van der Waals surface area contributed by atoms with Gasteiger partial charge in [-0.3, -0.25) is 14.9 Å². The van der Waals surface area contributed by atoms with Crippen LogP contribution in [0.15, 0.2) is 0 Å². The predicted molar refractivity (Wildman–Crippen MR) is 80.9 cm³/mol. The predicted octanol–water partition coefficient (Wildman–Crippen LogP) is 2.67. The van der Waals surface area contributed by atoms with Crippen molar-refractivity contribution in [2.75, 3.05) is 0 Å². The first-order chi connectivity index (χ1) is 9.81. The van der Waals surface area contributed by atoms with E-state index < -0.39 is 12.0 Å². The number of carbonyl (C=O) groups excluding carboxylic acids is 2. The summed E-state index contributed by atoms with van der Waals surface area (Å²) in [5.41, 5.74) is 0. The third kappa shape index (κ3) is 13.2. The summed E-state index contributed by atoms with van der Waals surface area (Å²) in [4.78, 5) is 33.3. The minimum atomic E-state index is -0.872. The quantitative estimate of drug-likeness (QED) is 0.540. The molecule has 0 fully saturated rings. The average molecular weight is 300 g/mol. The third-order valence-corrected chi connectivity index (χ3v) is 3.09. The van der Waals surface area contributed by atoms with E-state index in [1.54, 1.807) is 0 Å². The molecule has 1 unspecified atom stereocenters. The van der Waals surface area contributed by atoms with Crippen molar-refractivity contribution in [1.29, 1.82) is 0 Å². The van der Waals surface area contributed by atoms with E-state index in [0.29, 0.717) is 18.8 Å². The zero-order valence-corrected chi connectivity index (χ0v) is 13.3. The minimum absolute atomic E-state index is 0.0311. The molecular formula is C15H28N2O4. The smallest absolute Gasteiger partial charge is 0.321 e. The van der Waals surface area contributed by atoms with Gasteiger partial charge in [0.15, 0.2) is 0 Å². The maximum Gasteiger partial charge on any atom is 0.321 e. The van der Waals surface area contributed by atoms with E-state index in [1.165, 1.54) is 0 Å². The number of aliphatic carboxylic acids is 1. The summed E-state index contributed by atoms with van der Waals surface area (Å²) >= 11 is 0. The first kappa shape index (κ1) is 19.4. The molecule has 0 aliphatic rings. The zero-order chi connectivity index (χ0) is 16.3. The van der Waals surface area contributed by atoms with Crippen LogP contribution in [0.5, 0.6) is 0 Å². The van der Waals surface area contributed by atoms with Crippen LogP contribution in [0.2, 0.25) is 0 Å². The molecule has 0 aromatic heterocycles. The van der Waals surface area contributed by atoms with Gasteiger partial charge in [0.05, 0.1) is 0 Å². The number of imide groups is 1. The van der Waals surface area contributed by atoms with Gasteiger partial charge in [-0.1, -0.05) is 26.7 Å². The van der Waals surface area contributed by atoms with Crippen molar-refractivity contribution in [3.8, 4) is 0 Å². The summed E-state index contributed by atoms with van der Waals surface area (Å²) in [6.07, 6.45) is 4.18. The Morgan fingerprint density at radius 2 is 1.57 bits per heavy atom. The molecule has 0 aromatic carbocycles. The Labute approximate surface area is 126 Å². The molecule has 6 heteroatoms. The van der Waals surface area contributed by atoms with E-state index in [2.05, 4.69) is 24.5 Å². The topological polar surface area (TPSA) is 95.5 Å². The van der Waals surface area contributed by atoms with Crippen LogP contribution in [0.25, 0.3) is 0 Å². The Morgan fingerprint density at radius 3 is 2.14 bits per heavy atom. The SMILES string of the molecule is CC(C)CCCC(C)NC(=O)NC(=O)CCCCC(=O)O. The van der Waals surface area contributed by atoms with Crippen LogP contribution in [0.3, 0.4) is 0 Å². The van der Waals surface area contributed by atoms with Crippen LogP contribution in [-0.4, -0.2) is 29.1 Å². The molecule has 0 bridgehead atoms. The van der Waals surface area contributed by atoms with Crippen LogP contribution in [0.1, 0.15) is 65.7 Å². The lowest BCUT2D eigenvalue weighted by molar-refractivity contribution is -0.137. The molecule has 0 saturated carbocycles. The average Bonchev–Trinajstić information content (AvgIpc) is 2.33. The fraction of sp³-hybridized carbons (Fsp3) is 0.800. The van der Waals surface area contributed by atoms with E-state index >= 15 is 0 Å². The molecule has 0 aliphatic heterocycles. The number of hydrogen-bond donors (Lipinski definition) is 3. The number of rotatable bonds is 10. The Morgan fingerprint density at radius 1 is 0.952 bits per heavy atom. The second kappa shape index (κ2) is 11.1. The molecule has 0 heterocycles. The van der Waals surface area contributed by atoms with Gasteiger partial charge in [-0.15, -0.1) is 0 Å². The molecule has 122 valence electrons. The number of nitrogens with one attached hydrogen (secondary N) is 2. The number of urea groups is 1. The van der Waals surface area contributed by atoms with Crippen molar-refractivity contribution < 1.29 is 19.5 Å². The summed E-state index contributed by atoms with van der Waals surface area (Å²) < 4.78 is 0. The monoisotopic (exact) mass is 300 g/mol. The lowest BCUT2D eigenvalue weighted by Gasteiger charge is -2.14. The normalized spacial score (nSPS) is 12.0. The molecule has 6 nitrogen and oxygen atoms in total. The van der Waals surface area contributed by atoms with Gasteiger partial charge in [0.25, 0.3) is 0 Å². The minimum Gasteiger partial charge on any atom is -0.481 e. The molecule has 3 N–H and O–H groups in total. The van der Waals surface area contributed by atoms with Crippen molar-refractivity contribution in [3.05, 3.63) is 0 Å². The molecule has 1 atom stereocenters. The highest BCUT2D eigenvalue weighted by Crippen LogP contribution is 2.08. The van der Waals surface area contributed by atoms with Gasteiger partial charge in [0, 0.05) is 18.9 Å². The van der Waals surface area contributed by atoms with Gasteiger partial charge >= 0.3 is 12.0 Å². The van der Waals surface area contributed by atoms with Crippen LogP contribution < -0.4 is 10.6 Å². The van der Waals surface area contributed by atoms with Crippen molar-refractivity contribution in [3.63, 3.8) is 0 Å². The highest BCUT2D eigenvalue weighted by Gasteiger charge is 2.11. The maximum atomic E-state index is 11.6. The van der Waals surface area contributed by atoms with Crippen LogP contribution in [-0.2, 0) is 9.59 Å². The first-order valence-corrected chi connectivity index (χ1v) is 7.63. The highest BCUT2D eigenvalue weighted by atomic mass is 16.4. The van der Waals surface area contributed by atoms with E-state index in [9.17, 15) is 14.4 Å².